The highest BCUT2D eigenvalue weighted by atomic mass is 32.1. The second-order valence-corrected chi connectivity index (χ2v) is 7.38. The summed E-state index contributed by atoms with van der Waals surface area (Å²) in [6.07, 6.45) is 0.0970. The summed E-state index contributed by atoms with van der Waals surface area (Å²) in [7, 11) is 0. The number of aromatic nitrogens is 1. The van der Waals surface area contributed by atoms with Gasteiger partial charge in [-0.3, -0.25) is 14.4 Å². The number of likely N-dealkylation sites (tertiary alicyclic amines) is 1. The smallest absolute Gasteiger partial charge is 0.309 e. The van der Waals surface area contributed by atoms with Gasteiger partial charge in [0.1, 0.15) is 5.76 Å². The second-order valence-electron chi connectivity index (χ2n) is 6.43. The van der Waals surface area contributed by atoms with Crippen molar-refractivity contribution in [2.45, 2.75) is 32.8 Å². The van der Waals surface area contributed by atoms with E-state index in [0.717, 1.165) is 0 Å². The molecule has 3 rings (SSSR count). The SMILES string of the molecule is Cc1cc(NC(=O)[C@H](C)OC(=O)C2CCN(C(=O)c3cccs3)CC2)no1. The molecule has 0 aliphatic carbocycles. The first-order valence-electron chi connectivity index (χ1n) is 8.71. The maximum Gasteiger partial charge on any atom is 0.309 e. The molecule has 0 radical (unpaired) electrons. The average Bonchev–Trinajstić information content (AvgIpc) is 3.33. The Labute approximate surface area is 160 Å². The van der Waals surface area contributed by atoms with Crippen LogP contribution in [0.2, 0.25) is 0 Å². The Kier molecular flexibility index (Phi) is 5.90. The largest absolute Gasteiger partial charge is 0.452 e. The molecule has 1 fully saturated rings. The lowest BCUT2D eigenvalue weighted by atomic mass is 9.97. The van der Waals surface area contributed by atoms with Gasteiger partial charge in [0.05, 0.1) is 10.8 Å². The molecule has 27 heavy (non-hydrogen) atoms. The summed E-state index contributed by atoms with van der Waals surface area (Å²) in [5.74, 6) is -0.367. The number of aryl methyl sites for hydroxylation is 1. The first-order chi connectivity index (χ1) is 12.9. The minimum absolute atomic E-state index is 0.00697. The molecule has 1 aliphatic rings. The van der Waals surface area contributed by atoms with Crippen LogP contribution < -0.4 is 5.32 Å². The molecule has 8 nitrogen and oxygen atoms in total. The van der Waals surface area contributed by atoms with E-state index in [0.29, 0.717) is 36.6 Å². The third kappa shape index (κ3) is 4.73. The van der Waals surface area contributed by atoms with Gasteiger partial charge in [0.2, 0.25) is 0 Å². The molecular formula is C18H21N3O5S. The number of hydrogen-bond acceptors (Lipinski definition) is 7. The zero-order valence-corrected chi connectivity index (χ0v) is 16.0. The molecule has 9 heteroatoms. The molecule has 0 spiro atoms. The molecule has 1 aliphatic heterocycles. The number of esters is 1. The van der Waals surface area contributed by atoms with Crippen molar-refractivity contribution < 1.29 is 23.6 Å². The number of carbonyl (C=O) groups is 3. The number of ether oxygens (including phenoxy) is 1. The van der Waals surface area contributed by atoms with E-state index in [1.54, 1.807) is 24.0 Å². The Balaban J connectivity index is 1.46. The number of amides is 2. The monoisotopic (exact) mass is 391 g/mol. The van der Waals surface area contributed by atoms with Crippen LogP contribution in [0.3, 0.4) is 0 Å². The minimum Gasteiger partial charge on any atom is -0.452 e. The van der Waals surface area contributed by atoms with Crippen molar-refractivity contribution in [3.05, 3.63) is 34.2 Å². The molecule has 2 aromatic heterocycles. The Morgan fingerprint density at radius 1 is 1.37 bits per heavy atom. The number of carbonyl (C=O) groups excluding carboxylic acids is 3. The van der Waals surface area contributed by atoms with Crippen LogP contribution >= 0.6 is 11.3 Å². The van der Waals surface area contributed by atoms with E-state index in [2.05, 4.69) is 10.5 Å². The van der Waals surface area contributed by atoms with Crippen molar-refractivity contribution in [2.75, 3.05) is 18.4 Å². The number of nitrogens with zero attached hydrogens (tertiary/aromatic N) is 2. The molecule has 1 atom stereocenters. The predicted octanol–water partition coefficient (Wildman–Crippen LogP) is 2.47. The lowest BCUT2D eigenvalue weighted by Gasteiger charge is -2.31. The van der Waals surface area contributed by atoms with Crippen molar-refractivity contribution in [3.63, 3.8) is 0 Å². The highest BCUT2D eigenvalue weighted by Crippen LogP contribution is 2.22. The van der Waals surface area contributed by atoms with Gasteiger partial charge < -0.3 is 19.5 Å². The summed E-state index contributed by atoms with van der Waals surface area (Å²) in [6.45, 7) is 4.21. The molecular weight excluding hydrogens is 370 g/mol. The lowest BCUT2D eigenvalue weighted by molar-refractivity contribution is -0.158. The Hall–Kier alpha value is -2.68. The zero-order chi connectivity index (χ0) is 19.4. The van der Waals surface area contributed by atoms with Gasteiger partial charge in [0.15, 0.2) is 11.9 Å². The molecule has 1 N–H and O–H groups in total. The fraction of sp³-hybridized carbons (Fsp3) is 0.444. The fourth-order valence-electron chi connectivity index (χ4n) is 2.85. The first-order valence-corrected chi connectivity index (χ1v) is 9.59. The van der Waals surface area contributed by atoms with Crippen molar-refractivity contribution >= 4 is 34.9 Å². The van der Waals surface area contributed by atoms with E-state index < -0.39 is 18.0 Å². The van der Waals surface area contributed by atoms with Crippen molar-refractivity contribution in [2.24, 2.45) is 5.92 Å². The van der Waals surface area contributed by atoms with Gasteiger partial charge in [-0.05, 0) is 38.1 Å². The van der Waals surface area contributed by atoms with Crippen molar-refractivity contribution in [3.8, 4) is 0 Å². The topological polar surface area (TPSA) is 102 Å². The van der Waals surface area contributed by atoms with Crippen LogP contribution in [0.4, 0.5) is 5.82 Å². The predicted molar refractivity (Wildman–Crippen MR) is 98.4 cm³/mol. The summed E-state index contributed by atoms with van der Waals surface area (Å²) in [6, 6.07) is 5.21. The van der Waals surface area contributed by atoms with Gasteiger partial charge in [0, 0.05) is 19.2 Å². The van der Waals surface area contributed by atoms with Crippen LogP contribution in [0.5, 0.6) is 0 Å². The standard InChI is InChI=1S/C18H21N3O5S/c1-11-10-15(20-26-11)19-16(22)12(2)25-18(24)13-5-7-21(8-6-13)17(23)14-4-3-9-27-14/h3-4,9-10,12-13H,5-8H2,1-2H3,(H,19,20,22)/t12-/m0/s1. The molecule has 0 saturated carbocycles. The fourth-order valence-corrected chi connectivity index (χ4v) is 3.54. The third-order valence-corrected chi connectivity index (χ3v) is 5.25. The van der Waals surface area contributed by atoms with Gasteiger partial charge >= 0.3 is 5.97 Å². The maximum atomic E-state index is 12.3. The average molecular weight is 391 g/mol. The van der Waals surface area contributed by atoms with E-state index in [1.165, 1.54) is 18.3 Å². The van der Waals surface area contributed by atoms with E-state index in [4.69, 9.17) is 9.26 Å². The van der Waals surface area contributed by atoms with Gasteiger partial charge in [-0.1, -0.05) is 11.2 Å². The first kappa shape index (κ1) is 19.1. The summed E-state index contributed by atoms with van der Waals surface area (Å²) in [5.41, 5.74) is 0. The van der Waals surface area contributed by atoms with Crippen LogP contribution in [0, 0.1) is 12.8 Å². The normalized spacial score (nSPS) is 16.0. The second kappa shape index (κ2) is 8.34. The highest BCUT2D eigenvalue weighted by Gasteiger charge is 2.31. The lowest BCUT2D eigenvalue weighted by Crippen LogP contribution is -2.41. The quantitative estimate of drug-likeness (QED) is 0.786. The van der Waals surface area contributed by atoms with Crippen LogP contribution in [-0.4, -0.2) is 47.0 Å². The number of thiophene rings is 1. The highest BCUT2D eigenvalue weighted by molar-refractivity contribution is 7.12. The van der Waals surface area contributed by atoms with Crippen molar-refractivity contribution in [1.29, 1.82) is 0 Å². The van der Waals surface area contributed by atoms with E-state index in [9.17, 15) is 14.4 Å². The summed E-state index contributed by atoms with van der Waals surface area (Å²) in [4.78, 5) is 39.2. The van der Waals surface area contributed by atoms with Gasteiger partial charge in [-0.2, -0.15) is 0 Å². The van der Waals surface area contributed by atoms with Gasteiger partial charge in [0.25, 0.3) is 11.8 Å². The van der Waals surface area contributed by atoms with Gasteiger partial charge in [-0.15, -0.1) is 11.3 Å². The minimum atomic E-state index is -0.944. The molecule has 2 aromatic rings. The Morgan fingerprint density at radius 2 is 2.11 bits per heavy atom. The number of hydrogen-bond donors (Lipinski definition) is 1. The van der Waals surface area contributed by atoms with Crippen LogP contribution in [0.15, 0.2) is 28.1 Å². The zero-order valence-electron chi connectivity index (χ0n) is 15.1. The molecule has 0 bridgehead atoms. The molecule has 3 heterocycles. The van der Waals surface area contributed by atoms with Gasteiger partial charge in [-0.25, -0.2) is 0 Å². The van der Waals surface area contributed by atoms with Crippen LogP contribution in [-0.2, 0) is 14.3 Å². The third-order valence-electron chi connectivity index (χ3n) is 4.39. The van der Waals surface area contributed by atoms with E-state index in [-0.39, 0.29) is 17.6 Å². The van der Waals surface area contributed by atoms with Crippen LogP contribution in [0.1, 0.15) is 35.2 Å². The van der Waals surface area contributed by atoms with E-state index in [1.807, 2.05) is 11.4 Å². The van der Waals surface area contributed by atoms with Crippen LogP contribution in [0.25, 0.3) is 0 Å². The molecule has 2 amide bonds. The number of anilines is 1. The van der Waals surface area contributed by atoms with Crippen molar-refractivity contribution in [1.82, 2.24) is 10.1 Å². The Morgan fingerprint density at radius 3 is 2.70 bits per heavy atom. The summed E-state index contributed by atoms with van der Waals surface area (Å²) in [5, 5.41) is 8.07. The summed E-state index contributed by atoms with van der Waals surface area (Å²) < 4.78 is 10.2. The maximum absolute atomic E-state index is 12.3. The van der Waals surface area contributed by atoms with E-state index >= 15 is 0 Å². The molecule has 0 unspecified atom stereocenters. The molecule has 0 aromatic carbocycles. The molecule has 1 saturated heterocycles. The Bertz CT molecular complexity index is 809. The number of rotatable bonds is 5. The molecule has 144 valence electrons. The number of nitrogens with one attached hydrogen (secondary N) is 1. The summed E-state index contributed by atoms with van der Waals surface area (Å²) >= 11 is 1.41. The number of piperidine rings is 1.